The van der Waals surface area contributed by atoms with E-state index in [9.17, 15) is 9.18 Å². The van der Waals surface area contributed by atoms with Crippen molar-refractivity contribution >= 4 is 5.91 Å². The van der Waals surface area contributed by atoms with E-state index >= 15 is 0 Å². The Kier molecular flexibility index (Phi) is 9.18. The molecule has 1 aromatic heterocycles. The lowest BCUT2D eigenvalue weighted by molar-refractivity contribution is -0.142. The number of alkyl halides is 1. The smallest absolute Gasteiger partial charge is 0.249 e. The van der Waals surface area contributed by atoms with Gasteiger partial charge in [0.25, 0.3) is 0 Å². The Morgan fingerprint density at radius 2 is 1.74 bits per heavy atom. The lowest BCUT2D eigenvalue weighted by atomic mass is 9.84. The molecule has 0 radical (unpaired) electrons. The van der Waals surface area contributed by atoms with E-state index in [2.05, 4.69) is 16.7 Å². The van der Waals surface area contributed by atoms with Crippen molar-refractivity contribution in [3.63, 3.8) is 0 Å². The van der Waals surface area contributed by atoms with Gasteiger partial charge in [0.05, 0.1) is 18.3 Å². The van der Waals surface area contributed by atoms with Crippen LogP contribution in [0.5, 0.6) is 0 Å². The van der Waals surface area contributed by atoms with Gasteiger partial charge in [0.1, 0.15) is 18.6 Å². The first kappa shape index (κ1) is 26.6. The molecule has 35 heavy (non-hydrogen) atoms. The van der Waals surface area contributed by atoms with Crippen LogP contribution in [0.15, 0.2) is 66.9 Å². The van der Waals surface area contributed by atoms with Gasteiger partial charge >= 0.3 is 0 Å². The average molecular weight is 481 g/mol. The molecule has 0 aliphatic heterocycles. The number of benzene rings is 2. The van der Waals surface area contributed by atoms with Crippen molar-refractivity contribution in [2.45, 2.75) is 46.5 Å². The largest absolute Gasteiger partial charge is 0.372 e. The third-order valence-corrected chi connectivity index (χ3v) is 5.85. The fraction of sp³-hybridized carbons (Fsp3) is 0.429. The number of nitrogens with zero attached hydrogens (tertiary/aromatic N) is 3. The van der Waals surface area contributed by atoms with Crippen LogP contribution in [0.4, 0.5) is 4.39 Å². The molecular formula is C28H37FN4O2. The Morgan fingerprint density at radius 3 is 2.31 bits per heavy atom. The number of nitrogens with two attached hydrogens (primary N) is 1. The van der Waals surface area contributed by atoms with Crippen LogP contribution in [0.2, 0.25) is 0 Å². The third-order valence-electron chi connectivity index (χ3n) is 5.85. The van der Waals surface area contributed by atoms with Crippen molar-refractivity contribution in [3.8, 4) is 11.3 Å². The van der Waals surface area contributed by atoms with Crippen molar-refractivity contribution in [1.29, 1.82) is 0 Å². The predicted octanol–water partition coefficient (Wildman–Crippen LogP) is 4.85. The quantitative estimate of drug-likeness (QED) is 0.426. The van der Waals surface area contributed by atoms with Gasteiger partial charge in [0, 0.05) is 31.5 Å². The normalized spacial score (nSPS) is 13.4. The molecule has 0 aliphatic carbocycles. The number of halogens is 1. The summed E-state index contributed by atoms with van der Waals surface area (Å²) in [6.07, 6.45) is 0.661. The van der Waals surface area contributed by atoms with E-state index in [0.29, 0.717) is 19.0 Å². The molecule has 2 atom stereocenters. The first-order valence-corrected chi connectivity index (χ1v) is 12.1. The summed E-state index contributed by atoms with van der Waals surface area (Å²) in [5, 5.41) is 0. The van der Waals surface area contributed by atoms with Gasteiger partial charge in [-0.05, 0) is 17.9 Å². The zero-order valence-corrected chi connectivity index (χ0v) is 21.2. The van der Waals surface area contributed by atoms with Gasteiger partial charge in [0.15, 0.2) is 0 Å². The second-order valence-electron chi connectivity index (χ2n) is 9.75. The molecule has 0 saturated carbocycles. The van der Waals surface area contributed by atoms with Crippen LogP contribution in [0.1, 0.15) is 45.1 Å². The summed E-state index contributed by atoms with van der Waals surface area (Å²) in [5.41, 5.74) is 8.06. The first-order valence-electron chi connectivity index (χ1n) is 12.1. The number of ether oxygens (including phenoxy) is 1. The Labute approximate surface area is 207 Å². The standard InChI is InChI=1S/C28H37FN4O2/c1-5-35-20-25(34)33(18-23(29)16-30)26(28(2,3)4)27-31-24(22-14-10-7-11-15-22)19-32(27)17-21-12-8-6-9-13-21/h6-15,19,23,26H,5,16-18,20,30H2,1-4H3/t23-,26-/m0/s1. The molecule has 188 valence electrons. The minimum atomic E-state index is -1.35. The van der Waals surface area contributed by atoms with Crippen LogP contribution in [0, 0.1) is 5.41 Å². The average Bonchev–Trinajstić information content (AvgIpc) is 3.25. The van der Waals surface area contributed by atoms with Crippen LogP contribution in [0.3, 0.4) is 0 Å². The molecule has 3 aromatic rings. The molecule has 7 heteroatoms. The van der Waals surface area contributed by atoms with Gasteiger partial charge in [-0.1, -0.05) is 81.4 Å². The van der Waals surface area contributed by atoms with Crippen molar-refractivity contribution in [1.82, 2.24) is 14.5 Å². The molecule has 2 aromatic carbocycles. The van der Waals surface area contributed by atoms with E-state index in [0.717, 1.165) is 16.8 Å². The number of hydrogen-bond acceptors (Lipinski definition) is 4. The van der Waals surface area contributed by atoms with E-state index in [1.807, 2.05) is 82.4 Å². The minimum Gasteiger partial charge on any atom is -0.372 e. The van der Waals surface area contributed by atoms with E-state index in [4.69, 9.17) is 15.5 Å². The number of amides is 1. The van der Waals surface area contributed by atoms with E-state index in [-0.39, 0.29) is 25.6 Å². The van der Waals surface area contributed by atoms with Gasteiger partial charge < -0.3 is 19.9 Å². The predicted molar refractivity (Wildman–Crippen MR) is 138 cm³/mol. The van der Waals surface area contributed by atoms with Crippen molar-refractivity contribution in [2.24, 2.45) is 11.1 Å². The van der Waals surface area contributed by atoms with Gasteiger partial charge in [-0.3, -0.25) is 4.79 Å². The molecule has 1 heterocycles. The van der Waals surface area contributed by atoms with Crippen molar-refractivity contribution in [3.05, 3.63) is 78.2 Å². The SMILES string of the molecule is CCOCC(=O)N(C[C@@H](F)CN)[C@@H](c1nc(-c2ccccc2)cn1Cc1ccccc1)C(C)(C)C. The number of aromatic nitrogens is 2. The molecule has 6 nitrogen and oxygen atoms in total. The van der Waals surface area contributed by atoms with Crippen LogP contribution in [-0.4, -0.2) is 52.8 Å². The summed E-state index contributed by atoms with van der Waals surface area (Å²) < 4.78 is 22.2. The number of hydrogen-bond donors (Lipinski definition) is 1. The molecule has 0 fully saturated rings. The van der Waals surface area contributed by atoms with Crippen LogP contribution < -0.4 is 5.73 Å². The second kappa shape index (κ2) is 12.1. The summed E-state index contributed by atoms with van der Waals surface area (Å²) >= 11 is 0. The molecule has 3 rings (SSSR count). The summed E-state index contributed by atoms with van der Waals surface area (Å²) in [5.74, 6) is 0.424. The third kappa shape index (κ3) is 6.99. The summed E-state index contributed by atoms with van der Waals surface area (Å²) in [7, 11) is 0. The van der Waals surface area contributed by atoms with Gasteiger partial charge in [0.2, 0.25) is 5.91 Å². The molecule has 0 bridgehead atoms. The highest BCUT2D eigenvalue weighted by Gasteiger charge is 2.39. The number of carbonyl (C=O) groups excluding carboxylic acids is 1. The van der Waals surface area contributed by atoms with Gasteiger partial charge in [-0.15, -0.1) is 0 Å². The van der Waals surface area contributed by atoms with E-state index < -0.39 is 17.6 Å². The van der Waals surface area contributed by atoms with E-state index in [1.54, 1.807) is 4.90 Å². The van der Waals surface area contributed by atoms with Gasteiger partial charge in [-0.2, -0.15) is 0 Å². The summed E-state index contributed by atoms with van der Waals surface area (Å²) in [6.45, 7) is 8.52. The fourth-order valence-electron chi connectivity index (χ4n) is 4.21. The molecule has 0 unspecified atom stereocenters. The molecule has 0 saturated heterocycles. The van der Waals surface area contributed by atoms with Crippen LogP contribution in [0.25, 0.3) is 11.3 Å². The Balaban J connectivity index is 2.15. The van der Waals surface area contributed by atoms with Gasteiger partial charge in [-0.25, -0.2) is 9.37 Å². The zero-order valence-electron chi connectivity index (χ0n) is 21.2. The highest BCUT2D eigenvalue weighted by Crippen LogP contribution is 2.39. The topological polar surface area (TPSA) is 73.4 Å². The fourth-order valence-corrected chi connectivity index (χ4v) is 4.21. The number of imidazole rings is 1. The van der Waals surface area contributed by atoms with Crippen molar-refractivity contribution < 1.29 is 13.9 Å². The molecule has 0 spiro atoms. The highest BCUT2D eigenvalue weighted by molar-refractivity contribution is 5.78. The minimum absolute atomic E-state index is 0.120. The lowest BCUT2D eigenvalue weighted by Gasteiger charge is -2.40. The summed E-state index contributed by atoms with van der Waals surface area (Å²) in [6, 6.07) is 19.5. The monoisotopic (exact) mass is 480 g/mol. The number of rotatable bonds is 11. The Morgan fingerprint density at radius 1 is 1.11 bits per heavy atom. The van der Waals surface area contributed by atoms with E-state index in [1.165, 1.54) is 0 Å². The Hall–Kier alpha value is -3.03. The zero-order chi connectivity index (χ0) is 25.4. The Bertz CT molecular complexity index is 1060. The highest BCUT2D eigenvalue weighted by atomic mass is 19.1. The lowest BCUT2D eigenvalue weighted by Crippen LogP contribution is -2.47. The summed E-state index contributed by atoms with van der Waals surface area (Å²) in [4.78, 5) is 19.9. The van der Waals surface area contributed by atoms with Crippen LogP contribution in [-0.2, 0) is 16.1 Å². The second-order valence-corrected chi connectivity index (χ2v) is 9.75. The maximum atomic E-state index is 14.7. The maximum Gasteiger partial charge on any atom is 0.249 e. The number of carbonyl (C=O) groups is 1. The first-order chi connectivity index (χ1) is 16.7. The molecule has 1 amide bonds. The van der Waals surface area contributed by atoms with Crippen LogP contribution >= 0.6 is 0 Å². The maximum absolute atomic E-state index is 14.7. The molecule has 0 aliphatic rings. The molecule has 2 N–H and O–H groups in total. The van der Waals surface area contributed by atoms with Crippen molar-refractivity contribution in [2.75, 3.05) is 26.3 Å². The molecular weight excluding hydrogens is 443 g/mol.